The van der Waals surface area contributed by atoms with Crippen molar-refractivity contribution >= 4 is 11.6 Å². The van der Waals surface area contributed by atoms with Crippen LogP contribution in [0.25, 0.3) is 0 Å². The van der Waals surface area contributed by atoms with Crippen molar-refractivity contribution < 1.29 is 4.39 Å². The van der Waals surface area contributed by atoms with Gasteiger partial charge in [-0.25, -0.2) is 4.39 Å². The Bertz CT molecular complexity index is 464. The van der Waals surface area contributed by atoms with Crippen molar-refractivity contribution in [3.05, 3.63) is 34.6 Å². The number of piperazine rings is 1. The molecule has 5 heteroatoms. The molecule has 1 unspecified atom stereocenters. The molecule has 116 valence electrons. The largest absolute Gasteiger partial charge is 0.329 e. The van der Waals surface area contributed by atoms with E-state index in [0.717, 1.165) is 37.7 Å². The van der Waals surface area contributed by atoms with Crippen molar-refractivity contribution in [1.29, 1.82) is 0 Å². The first-order valence-electron chi connectivity index (χ1n) is 7.78. The highest BCUT2D eigenvalue weighted by Gasteiger charge is 2.28. The maximum atomic E-state index is 13.6. The van der Waals surface area contributed by atoms with E-state index in [9.17, 15) is 4.39 Å². The van der Waals surface area contributed by atoms with Gasteiger partial charge in [0.05, 0.1) is 0 Å². The van der Waals surface area contributed by atoms with Gasteiger partial charge in [-0.3, -0.25) is 4.90 Å². The highest BCUT2D eigenvalue weighted by molar-refractivity contribution is 6.30. The first-order chi connectivity index (χ1) is 10.2. The summed E-state index contributed by atoms with van der Waals surface area (Å²) in [7, 11) is 0. The molecule has 3 nitrogen and oxygen atoms in total. The highest BCUT2D eigenvalue weighted by atomic mass is 35.5. The highest BCUT2D eigenvalue weighted by Crippen LogP contribution is 2.31. The van der Waals surface area contributed by atoms with Gasteiger partial charge in [0.25, 0.3) is 0 Å². The third kappa shape index (κ3) is 3.95. The maximum Gasteiger partial charge on any atom is 0.125 e. The lowest BCUT2D eigenvalue weighted by Gasteiger charge is -2.39. The zero-order chi connectivity index (χ0) is 14.8. The third-order valence-corrected chi connectivity index (χ3v) is 4.77. The molecule has 0 amide bonds. The van der Waals surface area contributed by atoms with E-state index >= 15 is 0 Å². The molecule has 1 saturated carbocycles. The van der Waals surface area contributed by atoms with Gasteiger partial charge in [0.15, 0.2) is 0 Å². The molecule has 2 fully saturated rings. The Morgan fingerprint density at radius 3 is 2.48 bits per heavy atom. The summed E-state index contributed by atoms with van der Waals surface area (Å²) in [5.41, 5.74) is 6.83. The lowest BCUT2D eigenvalue weighted by Crippen LogP contribution is -2.49. The fraction of sp³-hybridized carbons (Fsp3) is 0.625. The summed E-state index contributed by atoms with van der Waals surface area (Å²) in [6.07, 6.45) is 2.79. The molecular weight excluding hydrogens is 289 g/mol. The normalized spacial score (nSPS) is 22.4. The molecule has 1 aliphatic heterocycles. The number of halogens is 2. The summed E-state index contributed by atoms with van der Waals surface area (Å²) in [4.78, 5) is 4.90. The smallest absolute Gasteiger partial charge is 0.125 e. The molecular formula is C16H23ClFN3. The summed E-state index contributed by atoms with van der Waals surface area (Å²) < 4.78 is 13.6. The van der Waals surface area contributed by atoms with E-state index in [0.29, 0.717) is 11.6 Å². The average Bonchev–Trinajstić information content (AvgIpc) is 3.24. The van der Waals surface area contributed by atoms with E-state index < -0.39 is 0 Å². The lowest BCUT2D eigenvalue weighted by atomic mass is 10.0. The summed E-state index contributed by atoms with van der Waals surface area (Å²) in [6, 6.07) is 4.78. The van der Waals surface area contributed by atoms with Crippen LogP contribution in [0.4, 0.5) is 4.39 Å². The van der Waals surface area contributed by atoms with Gasteiger partial charge in [-0.1, -0.05) is 11.6 Å². The van der Waals surface area contributed by atoms with Gasteiger partial charge < -0.3 is 10.6 Å². The molecule has 1 aliphatic carbocycles. The zero-order valence-corrected chi connectivity index (χ0v) is 13.0. The molecule has 0 spiro atoms. The van der Waals surface area contributed by atoms with Crippen LogP contribution in [0, 0.1) is 11.7 Å². The van der Waals surface area contributed by atoms with E-state index in [4.69, 9.17) is 17.3 Å². The van der Waals surface area contributed by atoms with Gasteiger partial charge in [0, 0.05) is 50.3 Å². The van der Waals surface area contributed by atoms with E-state index in [1.165, 1.54) is 25.5 Å². The summed E-state index contributed by atoms with van der Waals surface area (Å²) in [5.74, 6) is 0.646. The van der Waals surface area contributed by atoms with Crippen LogP contribution >= 0.6 is 11.6 Å². The monoisotopic (exact) mass is 311 g/mol. The summed E-state index contributed by atoms with van der Waals surface area (Å²) in [6.45, 7) is 5.87. The van der Waals surface area contributed by atoms with Gasteiger partial charge in [-0.2, -0.15) is 0 Å². The van der Waals surface area contributed by atoms with Crippen LogP contribution in [-0.4, -0.2) is 49.1 Å². The van der Waals surface area contributed by atoms with E-state index in [-0.39, 0.29) is 11.9 Å². The average molecular weight is 312 g/mol. The Morgan fingerprint density at radius 1 is 1.19 bits per heavy atom. The zero-order valence-electron chi connectivity index (χ0n) is 12.3. The topological polar surface area (TPSA) is 32.5 Å². The molecule has 0 bridgehead atoms. The second-order valence-electron chi connectivity index (χ2n) is 6.23. The number of nitrogens with zero attached hydrogens (tertiary/aromatic N) is 2. The Balaban J connectivity index is 1.63. The molecule has 1 aromatic carbocycles. The number of benzene rings is 1. The van der Waals surface area contributed by atoms with E-state index in [2.05, 4.69) is 9.80 Å². The number of rotatable bonds is 5. The SMILES string of the molecule is NCC(c1cc(F)cc(Cl)c1)N1CCN(CC2CC2)CC1. The van der Waals surface area contributed by atoms with Gasteiger partial charge in [-0.05, 0) is 42.5 Å². The van der Waals surface area contributed by atoms with Crippen LogP contribution in [0.15, 0.2) is 18.2 Å². The molecule has 1 saturated heterocycles. The minimum atomic E-state index is -0.289. The van der Waals surface area contributed by atoms with Crippen LogP contribution in [0.2, 0.25) is 5.02 Å². The predicted octanol–water partition coefficient (Wildman–Crippen LogP) is 2.51. The van der Waals surface area contributed by atoms with Crippen molar-refractivity contribution in [2.75, 3.05) is 39.3 Å². The van der Waals surface area contributed by atoms with E-state index in [1.54, 1.807) is 6.07 Å². The van der Waals surface area contributed by atoms with Crippen LogP contribution in [0.5, 0.6) is 0 Å². The second kappa shape index (κ2) is 6.61. The Labute approximate surface area is 130 Å². The lowest BCUT2D eigenvalue weighted by molar-refractivity contribution is 0.0955. The Hall–Kier alpha value is -0.680. The van der Waals surface area contributed by atoms with Crippen molar-refractivity contribution in [1.82, 2.24) is 9.80 Å². The van der Waals surface area contributed by atoms with Gasteiger partial charge in [0.2, 0.25) is 0 Å². The molecule has 21 heavy (non-hydrogen) atoms. The molecule has 2 aliphatic rings. The summed E-state index contributed by atoms with van der Waals surface area (Å²) in [5, 5.41) is 0.441. The molecule has 1 heterocycles. The molecule has 1 atom stereocenters. The molecule has 3 rings (SSSR count). The fourth-order valence-electron chi connectivity index (χ4n) is 3.19. The van der Waals surface area contributed by atoms with Crippen LogP contribution in [0.1, 0.15) is 24.4 Å². The minimum absolute atomic E-state index is 0.0567. The molecule has 0 radical (unpaired) electrons. The quantitative estimate of drug-likeness (QED) is 0.907. The summed E-state index contributed by atoms with van der Waals surface area (Å²) >= 11 is 5.97. The van der Waals surface area contributed by atoms with Crippen molar-refractivity contribution in [2.24, 2.45) is 11.7 Å². The van der Waals surface area contributed by atoms with E-state index in [1.807, 2.05) is 6.07 Å². The van der Waals surface area contributed by atoms with Crippen LogP contribution in [-0.2, 0) is 0 Å². The van der Waals surface area contributed by atoms with Crippen molar-refractivity contribution in [3.63, 3.8) is 0 Å². The molecule has 1 aromatic rings. The minimum Gasteiger partial charge on any atom is -0.329 e. The van der Waals surface area contributed by atoms with Gasteiger partial charge in [0.1, 0.15) is 5.82 Å². The first-order valence-corrected chi connectivity index (χ1v) is 8.16. The van der Waals surface area contributed by atoms with Crippen molar-refractivity contribution in [2.45, 2.75) is 18.9 Å². The number of nitrogens with two attached hydrogens (primary N) is 1. The Kier molecular flexibility index (Phi) is 4.79. The molecule has 0 aromatic heterocycles. The van der Waals surface area contributed by atoms with Crippen LogP contribution < -0.4 is 5.73 Å². The fourth-order valence-corrected chi connectivity index (χ4v) is 3.42. The Morgan fingerprint density at radius 2 is 1.90 bits per heavy atom. The number of hydrogen-bond donors (Lipinski definition) is 1. The maximum absolute atomic E-state index is 13.6. The molecule has 2 N–H and O–H groups in total. The number of hydrogen-bond acceptors (Lipinski definition) is 3. The van der Waals surface area contributed by atoms with Gasteiger partial charge in [-0.15, -0.1) is 0 Å². The van der Waals surface area contributed by atoms with Gasteiger partial charge >= 0.3 is 0 Å². The van der Waals surface area contributed by atoms with Crippen LogP contribution in [0.3, 0.4) is 0 Å². The second-order valence-corrected chi connectivity index (χ2v) is 6.67. The standard InChI is InChI=1S/C16H23ClFN3/c17-14-7-13(8-15(18)9-14)16(10-19)21-5-3-20(4-6-21)11-12-1-2-12/h7-9,12,16H,1-6,10-11,19H2. The first kappa shape index (κ1) is 15.2. The predicted molar refractivity (Wildman–Crippen MR) is 83.9 cm³/mol. The van der Waals surface area contributed by atoms with Crippen molar-refractivity contribution in [3.8, 4) is 0 Å². The third-order valence-electron chi connectivity index (χ3n) is 4.55.